The van der Waals surface area contributed by atoms with Crippen molar-refractivity contribution in [1.29, 1.82) is 0 Å². The molecule has 0 radical (unpaired) electrons. The maximum absolute atomic E-state index is 13.2. The lowest BCUT2D eigenvalue weighted by molar-refractivity contribution is 0.427. The monoisotopic (exact) mass is 377 g/mol. The minimum absolute atomic E-state index is 0.296. The van der Waals surface area contributed by atoms with E-state index in [1.807, 2.05) is 91.9 Å². The van der Waals surface area contributed by atoms with Crippen molar-refractivity contribution in [2.24, 2.45) is 0 Å². The van der Waals surface area contributed by atoms with Crippen molar-refractivity contribution < 1.29 is 8.42 Å². The summed E-state index contributed by atoms with van der Waals surface area (Å²) in [5, 5.41) is 0. The van der Waals surface area contributed by atoms with E-state index in [0.29, 0.717) is 4.90 Å². The number of aryl methyl sites for hydroxylation is 1. The summed E-state index contributed by atoms with van der Waals surface area (Å²) in [5.41, 5.74) is 2.97. The standard InChI is InChI=1S/C23H23NO2S/c1-19-13-16-22(17-14-19)27(25,26)24(2)23(21-11-7-4-8-12-21)18-15-20-9-5-3-6-10-20/h3-18,23H,1-2H3/b18-15+. The second kappa shape index (κ2) is 8.33. The minimum Gasteiger partial charge on any atom is -0.207 e. The highest BCUT2D eigenvalue weighted by molar-refractivity contribution is 7.89. The Morgan fingerprint density at radius 1 is 0.815 bits per heavy atom. The number of hydrogen-bond acceptors (Lipinski definition) is 2. The summed E-state index contributed by atoms with van der Waals surface area (Å²) >= 11 is 0. The van der Waals surface area contributed by atoms with E-state index >= 15 is 0 Å². The van der Waals surface area contributed by atoms with E-state index in [0.717, 1.165) is 16.7 Å². The van der Waals surface area contributed by atoms with Gasteiger partial charge >= 0.3 is 0 Å². The van der Waals surface area contributed by atoms with Crippen molar-refractivity contribution in [3.8, 4) is 0 Å². The minimum atomic E-state index is -3.63. The lowest BCUT2D eigenvalue weighted by Crippen LogP contribution is -2.30. The number of hydrogen-bond donors (Lipinski definition) is 0. The van der Waals surface area contributed by atoms with Crippen LogP contribution in [-0.2, 0) is 10.0 Å². The maximum Gasteiger partial charge on any atom is 0.243 e. The fourth-order valence-corrected chi connectivity index (χ4v) is 4.19. The van der Waals surface area contributed by atoms with Crippen LogP contribution >= 0.6 is 0 Å². The summed E-state index contributed by atoms with van der Waals surface area (Å²) in [5.74, 6) is 0. The highest BCUT2D eigenvalue weighted by Crippen LogP contribution is 2.28. The predicted octanol–water partition coefficient (Wildman–Crippen LogP) is 5.07. The normalized spacial score (nSPS) is 13.1. The van der Waals surface area contributed by atoms with Crippen LogP contribution in [0.25, 0.3) is 6.08 Å². The first-order valence-electron chi connectivity index (χ1n) is 8.81. The van der Waals surface area contributed by atoms with Gasteiger partial charge in [-0.1, -0.05) is 90.5 Å². The summed E-state index contributed by atoms with van der Waals surface area (Å²) in [6.45, 7) is 1.94. The molecule has 3 rings (SSSR count). The van der Waals surface area contributed by atoms with Crippen LogP contribution < -0.4 is 0 Å². The molecule has 0 aliphatic rings. The molecule has 0 N–H and O–H groups in total. The average molecular weight is 378 g/mol. The summed E-state index contributed by atoms with van der Waals surface area (Å²) in [4.78, 5) is 0.296. The fourth-order valence-electron chi connectivity index (χ4n) is 2.88. The molecule has 1 atom stereocenters. The molecule has 27 heavy (non-hydrogen) atoms. The lowest BCUT2D eigenvalue weighted by Gasteiger charge is -2.25. The van der Waals surface area contributed by atoms with Crippen molar-refractivity contribution >= 4 is 16.1 Å². The van der Waals surface area contributed by atoms with Crippen molar-refractivity contribution in [3.63, 3.8) is 0 Å². The van der Waals surface area contributed by atoms with E-state index in [1.165, 1.54) is 4.31 Å². The van der Waals surface area contributed by atoms with Crippen LogP contribution in [0.5, 0.6) is 0 Å². The van der Waals surface area contributed by atoms with Crippen molar-refractivity contribution in [2.75, 3.05) is 7.05 Å². The zero-order valence-electron chi connectivity index (χ0n) is 15.5. The van der Waals surface area contributed by atoms with Crippen molar-refractivity contribution in [3.05, 3.63) is 108 Å². The molecule has 0 saturated carbocycles. The van der Waals surface area contributed by atoms with Gasteiger partial charge in [0.15, 0.2) is 0 Å². The second-order valence-corrected chi connectivity index (χ2v) is 8.46. The molecule has 0 spiro atoms. The third-order valence-corrected chi connectivity index (χ3v) is 6.35. The van der Waals surface area contributed by atoms with Crippen molar-refractivity contribution in [2.45, 2.75) is 17.9 Å². The first-order valence-corrected chi connectivity index (χ1v) is 10.3. The van der Waals surface area contributed by atoms with E-state index in [2.05, 4.69) is 0 Å². The third-order valence-electron chi connectivity index (χ3n) is 4.50. The Hall–Kier alpha value is -2.69. The van der Waals surface area contributed by atoms with Crippen LogP contribution in [0, 0.1) is 6.92 Å². The molecule has 3 nitrogen and oxygen atoms in total. The van der Waals surface area contributed by atoms with Crippen LogP contribution in [0.4, 0.5) is 0 Å². The van der Waals surface area contributed by atoms with Gasteiger partial charge in [0.05, 0.1) is 10.9 Å². The molecule has 3 aromatic carbocycles. The van der Waals surface area contributed by atoms with Crippen LogP contribution in [0.2, 0.25) is 0 Å². The third kappa shape index (κ3) is 4.54. The molecule has 3 aromatic rings. The molecular formula is C23H23NO2S. The Balaban J connectivity index is 1.99. The molecule has 0 fully saturated rings. The molecule has 0 heterocycles. The number of benzene rings is 3. The van der Waals surface area contributed by atoms with Crippen LogP contribution in [0.1, 0.15) is 22.7 Å². The van der Waals surface area contributed by atoms with E-state index in [1.54, 1.807) is 19.2 Å². The summed E-state index contributed by atoms with van der Waals surface area (Å²) in [6, 6.07) is 26.1. The Kier molecular flexibility index (Phi) is 5.89. The van der Waals surface area contributed by atoms with Gasteiger partial charge in [-0.3, -0.25) is 0 Å². The van der Waals surface area contributed by atoms with E-state index < -0.39 is 16.1 Å². The van der Waals surface area contributed by atoms with Gasteiger partial charge in [-0.05, 0) is 30.2 Å². The topological polar surface area (TPSA) is 37.4 Å². The average Bonchev–Trinajstić information content (AvgIpc) is 2.70. The highest BCUT2D eigenvalue weighted by atomic mass is 32.2. The molecule has 0 aliphatic heterocycles. The Morgan fingerprint density at radius 2 is 1.37 bits per heavy atom. The Morgan fingerprint density at radius 3 is 1.96 bits per heavy atom. The first kappa shape index (κ1) is 19.1. The van der Waals surface area contributed by atoms with Gasteiger partial charge in [0.25, 0.3) is 0 Å². The first-order chi connectivity index (χ1) is 13.0. The van der Waals surface area contributed by atoms with Gasteiger partial charge in [-0.2, -0.15) is 4.31 Å². The Bertz CT molecular complexity index is 995. The molecule has 138 valence electrons. The maximum atomic E-state index is 13.2. The lowest BCUT2D eigenvalue weighted by atomic mass is 10.1. The summed E-state index contributed by atoms with van der Waals surface area (Å²) in [7, 11) is -2.00. The van der Waals surface area contributed by atoms with Crippen molar-refractivity contribution in [1.82, 2.24) is 4.31 Å². The zero-order chi connectivity index (χ0) is 19.3. The number of sulfonamides is 1. The number of nitrogens with zero attached hydrogens (tertiary/aromatic N) is 1. The number of likely N-dealkylation sites (N-methyl/N-ethyl adjacent to an activating group) is 1. The molecule has 0 amide bonds. The summed E-state index contributed by atoms with van der Waals surface area (Å²) in [6.07, 6.45) is 3.88. The van der Waals surface area contributed by atoms with Gasteiger partial charge in [0.1, 0.15) is 0 Å². The molecule has 0 aromatic heterocycles. The van der Waals surface area contributed by atoms with Gasteiger partial charge in [0.2, 0.25) is 10.0 Å². The predicted molar refractivity (Wildman–Crippen MR) is 111 cm³/mol. The van der Waals surface area contributed by atoms with Crippen LogP contribution in [0.15, 0.2) is 95.9 Å². The van der Waals surface area contributed by atoms with E-state index in [-0.39, 0.29) is 0 Å². The van der Waals surface area contributed by atoms with Crippen LogP contribution in [0.3, 0.4) is 0 Å². The van der Waals surface area contributed by atoms with E-state index in [4.69, 9.17) is 0 Å². The van der Waals surface area contributed by atoms with Gasteiger partial charge < -0.3 is 0 Å². The van der Waals surface area contributed by atoms with Gasteiger partial charge in [-0.25, -0.2) is 8.42 Å². The molecule has 4 heteroatoms. The SMILES string of the molecule is Cc1ccc(S(=O)(=O)N(C)C(/C=C/c2ccccc2)c2ccccc2)cc1. The molecule has 0 saturated heterocycles. The molecule has 1 unspecified atom stereocenters. The quantitative estimate of drug-likeness (QED) is 0.601. The number of rotatable bonds is 6. The summed E-state index contributed by atoms with van der Waals surface area (Å²) < 4.78 is 27.7. The van der Waals surface area contributed by atoms with Gasteiger partial charge in [0, 0.05) is 7.05 Å². The zero-order valence-corrected chi connectivity index (χ0v) is 16.3. The molecular weight excluding hydrogens is 354 g/mol. The van der Waals surface area contributed by atoms with E-state index in [9.17, 15) is 8.42 Å². The smallest absolute Gasteiger partial charge is 0.207 e. The Labute approximate surface area is 161 Å². The molecule has 0 bridgehead atoms. The van der Waals surface area contributed by atoms with Gasteiger partial charge in [-0.15, -0.1) is 0 Å². The van der Waals surface area contributed by atoms with Crippen LogP contribution in [-0.4, -0.2) is 19.8 Å². The fraction of sp³-hybridized carbons (Fsp3) is 0.130. The highest BCUT2D eigenvalue weighted by Gasteiger charge is 2.27. The molecule has 0 aliphatic carbocycles. The largest absolute Gasteiger partial charge is 0.243 e. The second-order valence-electron chi connectivity index (χ2n) is 6.46.